The molecule has 0 saturated heterocycles. The molecule has 0 fully saturated rings. The van der Waals surface area contributed by atoms with E-state index < -0.39 is 0 Å². The first kappa shape index (κ1) is 15.9. The number of hydrogen-bond acceptors (Lipinski definition) is 3. The monoisotopic (exact) mass is 257 g/mol. The highest BCUT2D eigenvalue weighted by atomic mass is 35.5. The lowest BCUT2D eigenvalue weighted by atomic mass is 9.81. The zero-order valence-electron chi connectivity index (χ0n) is 10.7. The van der Waals surface area contributed by atoms with Gasteiger partial charge in [-0.1, -0.05) is 39.0 Å². The SMILES string of the molecule is COC(=O)c1ccccc1[C@@H](N)C(C)(C)C.Cl. The van der Waals surface area contributed by atoms with E-state index in [1.807, 2.05) is 39.0 Å². The zero-order valence-corrected chi connectivity index (χ0v) is 11.5. The van der Waals surface area contributed by atoms with Crippen LogP contribution in [-0.4, -0.2) is 13.1 Å². The maximum absolute atomic E-state index is 11.6. The Hall–Kier alpha value is -1.06. The minimum absolute atomic E-state index is 0. The summed E-state index contributed by atoms with van der Waals surface area (Å²) in [6, 6.07) is 7.12. The largest absolute Gasteiger partial charge is 0.465 e. The first-order chi connectivity index (χ1) is 7.38. The molecular formula is C13H20ClNO2. The number of carbonyl (C=O) groups excluding carboxylic acids is 1. The van der Waals surface area contributed by atoms with Gasteiger partial charge >= 0.3 is 5.97 Å². The van der Waals surface area contributed by atoms with Crippen molar-refractivity contribution < 1.29 is 9.53 Å². The van der Waals surface area contributed by atoms with E-state index in [-0.39, 0.29) is 29.8 Å². The average molecular weight is 258 g/mol. The van der Waals surface area contributed by atoms with Gasteiger partial charge in [0.25, 0.3) is 0 Å². The number of esters is 1. The van der Waals surface area contributed by atoms with Gasteiger partial charge in [-0.15, -0.1) is 12.4 Å². The van der Waals surface area contributed by atoms with E-state index in [2.05, 4.69) is 0 Å². The molecule has 1 atom stereocenters. The van der Waals surface area contributed by atoms with Gasteiger partial charge in [0.1, 0.15) is 0 Å². The summed E-state index contributed by atoms with van der Waals surface area (Å²) in [6.45, 7) is 6.14. The van der Waals surface area contributed by atoms with E-state index >= 15 is 0 Å². The van der Waals surface area contributed by atoms with E-state index in [0.29, 0.717) is 5.56 Å². The minimum atomic E-state index is -0.338. The fourth-order valence-corrected chi connectivity index (χ4v) is 1.53. The molecule has 1 rings (SSSR count). The molecule has 0 amide bonds. The molecule has 1 aromatic rings. The van der Waals surface area contributed by atoms with Crippen LogP contribution in [0.4, 0.5) is 0 Å². The van der Waals surface area contributed by atoms with Gasteiger partial charge in [0.05, 0.1) is 12.7 Å². The topological polar surface area (TPSA) is 52.3 Å². The molecule has 2 N–H and O–H groups in total. The van der Waals surface area contributed by atoms with Gasteiger partial charge in [-0.2, -0.15) is 0 Å². The van der Waals surface area contributed by atoms with E-state index in [9.17, 15) is 4.79 Å². The summed E-state index contributed by atoms with van der Waals surface area (Å²) in [6.07, 6.45) is 0. The highest BCUT2D eigenvalue weighted by Crippen LogP contribution is 2.32. The molecule has 0 heterocycles. The molecule has 0 aliphatic heterocycles. The molecule has 0 aliphatic rings. The Kier molecular flexibility index (Phi) is 5.66. The summed E-state index contributed by atoms with van der Waals surface area (Å²) in [7, 11) is 1.38. The van der Waals surface area contributed by atoms with Crippen molar-refractivity contribution in [3.63, 3.8) is 0 Å². The number of carbonyl (C=O) groups is 1. The molecule has 0 spiro atoms. The number of rotatable bonds is 2. The second-order valence-corrected chi connectivity index (χ2v) is 4.92. The summed E-state index contributed by atoms with van der Waals surface area (Å²) in [5.74, 6) is -0.338. The van der Waals surface area contributed by atoms with Crippen LogP contribution in [-0.2, 0) is 4.74 Å². The number of nitrogens with two attached hydrogens (primary N) is 1. The summed E-state index contributed by atoms with van der Waals surface area (Å²) in [4.78, 5) is 11.6. The predicted molar refractivity (Wildman–Crippen MR) is 71.4 cm³/mol. The molecule has 4 heteroatoms. The number of benzene rings is 1. The molecule has 0 aliphatic carbocycles. The van der Waals surface area contributed by atoms with Crippen LogP contribution in [0.1, 0.15) is 42.7 Å². The fourth-order valence-electron chi connectivity index (χ4n) is 1.53. The lowest BCUT2D eigenvalue weighted by molar-refractivity contribution is 0.0598. The van der Waals surface area contributed by atoms with Crippen molar-refractivity contribution in [3.05, 3.63) is 35.4 Å². The molecule has 3 nitrogen and oxygen atoms in total. The maximum Gasteiger partial charge on any atom is 0.338 e. The van der Waals surface area contributed by atoms with Crippen LogP contribution < -0.4 is 5.73 Å². The third kappa shape index (κ3) is 3.72. The summed E-state index contributed by atoms with van der Waals surface area (Å²) < 4.78 is 4.75. The van der Waals surface area contributed by atoms with Crippen LogP contribution in [0, 0.1) is 5.41 Å². The average Bonchev–Trinajstić information content (AvgIpc) is 2.25. The molecule has 0 unspecified atom stereocenters. The molecule has 96 valence electrons. The molecule has 0 saturated carbocycles. The van der Waals surface area contributed by atoms with E-state index in [4.69, 9.17) is 10.5 Å². The Morgan fingerprint density at radius 1 is 1.29 bits per heavy atom. The summed E-state index contributed by atoms with van der Waals surface area (Å²) in [5.41, 5.74) is 7.45. The lowest BCUT2D eigenvalue weighted by Gasteiger charge is -2.28. The highest BCUT2D eigenvalue weighted by molar-refractivity contribution is 5.91. The third-order valence-corrected chi connectivity index (χ3v) is 2.63. The van der Waals surface area contributed by atoms with Gasteiger partial charge in [-0.05, 0) is 17.0 Å². The van der Waals surface area contributed by atoms with Crippen LogP contribution in [0.5, 0.6) is 0 Å². The van der Waals surface area contributed by atoms with Crippen molar-refractivity contribution in [2.24, 2.45) is 11.1 Å². The van der Waals surface area contributed by atoms with E-state index in [1.165, 1.54) is 7.11 Å². The van der Waals surface area contributed by atoms with Crippen molar-refractivity contribution in [3.8, 4) is 0 Å². The van der Waals surface area contributed by atoms with E-state index in [0.717, 1.165) is 5.56 Å². The normalized spacial score (nSPS) is 12.5. The van der Waals surface area contributed by atoms with Crippen LogP contribution >= 0.6 is 12.4 Å². The standard InChI is InChI=1S/C13H19NO2.ClH/c1-13(2,3)11(14)9-7-5-6-8-10(9)12(15)16-4;/h5-8,11H,14H2,1-4H3;1H/t11-;/m1./s1. The van der Waals surface area contributed by atoms with Crippen LogP contribution in [0.15, 0.2) is 24.3 Å². The van der Waals surface area contributed by atoms with Crippen LogP contribution in [0.2, 0.25) is 0 Å². The molecular weight excluding hydrogens is 238 g/mol. The van der Waals surface area contributed by atoms with Crippen molar-refractivity contribution in [2.45, 2.75) is 26.8 Å². The first-order valence-corrected chi connectivity index (χ1v) is 5.30. The van der Waals surface area contributed by atoms with Gasteiger partial charge in [0.15, 0.2) is 0 Å². The van der Waals surface area contributed by atoms with Crippen LogP contribution in [0.3, 0.4) is 0 Å². The Balaban J connectivity index is 0.00000256. The molecule has 1 aromatic carbocycles. The molecule has 0 bridgehead atoms. The number of halogens is 1. The Morgan fingerprint density at radius 2 is 1.82 bits per heavy atom. The summed E-state index contributed by atoms with van der Waals surface area (Å²) >= 11 is 0. The fraction of sp³-hybridized carbons (Fsp3) is 0.462. The maximum atomic E-state index is 11.6. The quantitative estimate of drug-likeness (QED) is 0.829. The number of ether oxygens (including phenoxy) is 1. The molecule has 0 radical (unpaired) electrons. The van der Waals surface area contributed by atoms with Crippen molar-refractivity contribution >= 4 is 18.4 Å². The van der Waals surface area contributed by atoms with Gasteiger partial charge in [0.2, 0.25) is 0 Å². The second-order valence-electron chi connectivity index (χ2n) is 4.92. The van der Waals surface area contributed by atoms with Gasteiger partial charge in [-0.3, -0.25) is 0 Å². The highest BCUT2D eigenvalue weighted by Gasteiger charge is 2.26. The van der Waals surface area contributed by atoms with Gasteiger partial charge < -0.3 is 10.5 Å². The van der Waals surface area contributed by atoms with Crippen molar-refractivity contribution in [1.29, 1.82) is 0 Å². The van der Waals surface area contributed by atoms with Crippen molar-refractivity contribution in [1.82, 2.24) is 0 Å². The predicted octanol–water partition coefficient (Wildman–Crippen LogP) is 2.94. The van der Waals surface area contributed by atoms with Gasteiger partial charge in [-0.25, -0.2) is 4.79 Å². The smallest absolute Gasteiger partial charge is 0.338 e. The first-order valence-electron chi connectivity index (χ1n) is 5.30. The summed E-state index contributed by atoms with van der Waals surface area (Å²) in [5, 5.41) is 0. The molecule has 0 aromatic heterocycles. The lowest BCUT2D eigenvalue weighted by Crippen LogP contribution is -2.28. The Labute approximate surface area is 109 Å². The zero-order chi connectivity index (χ0) is 12.3. The van der Waals surface area contributed by atoms with Crippen LogP contribution in [0.25, 0.3) is 0 Å². The Bertz CT molecular complexity index is 385. The molecule has 17 heavy (non-hydrogen) atoms. The Morgan fingerprint density at radius 3 is 2.29 bits per heavy atom. The third-order valence-electron chi connectivity index (χ3n) is 2.63. The minimum Gasteiger partial charge on any atom is -0.465 e. The van der Waals surface area contributed by atoms with E-state index in [1.54, 1.807) is 6.07 Å². The number of hydrogen-bond donors (Lipinski definition) is 1. The van der Waals surface area contributed by atoms with Crippen molar-refractivity contribution in [2.75, 3.05) is 7.11 Å². The number of methoxy groups -OCH3 is 1. The second kappa shape index (κ2) is 6.03. The van der Waals surface area contributed by atoms with Gasteiger partial charge in [0, 0.05) is 6.04 Å².